The van der Waals surface area contributed by atoms with Gasteiger partial charge in [-0.15, -0.1) is 0 Å². The fourth-order valence-corrected chi connectivity index (χ4v) is 8.06. The molecule has 0 N–H and O–H groups in total. The van der Waals surface area contributed by atoms with E-state index in [0.717, 1.165) is 11.2 Å². The molecule has 47 heavy (non-hydrogen) atoms. The zero-order valence-corrected chi connectivity index (χ0v) is 27.2. The third kappa shape index (κ3) is 4.20. The highest BCUT2D eigenvalue weighted by atomic mass is 14.7. The van der Waals surface area contributed by atoms with E-state index >= 15 is 0 Å². The first-order valence-corrected chi connectivity index (χ1v) is 16.6. The van der Waals surface area contributed by atoms with Gasteiger partial charge in [-0.2, -0.15) is 0 Å². The Labute approximate surface area is 276 Å². The average molecular weight is 602 g/mol. The Hall–Kier alpha value is -5.53. The first-order valence-electron chi connectivity index (χ1n) is 16.6. The third-order valence-electron chi connectivity index (χ3n) is 10.4. The van der Waals surface area contributed by atoms with E-state index in [1.54, 1.807) is 0 Å². The van der Waals surface area contributed by atoms with Crippen LogP contribution < -0.4 is 0 Å². The van der Waals surface area contributed by atoms with Crippen molar-refractivity contribution in [2.45, 2.75) is 33.1 Å². The summed E-state index contributed by atoms with van der Waals surface area (Å²) in [7, 11) is 0. The molecule has 0 bridgehead atoms. The van der Waals surface area contributed by atoms with E-state index in [2.05, 4.69) is 167 Å². The first-order chi connectivity index (χ1) is 22.9. The lowest BCUT2D eigenvalue weighted by Crippen LogP contribution is -2.14. The minimum atomic E-state index is -0.0649. The molecule has 0 fully saturated rings. The van der Waals surface area contributed by atoms with Gasteiger partial charge in [0.25, 0.3) is 0 Å². The van der Waals surface area contributed by atoms with Crippen LogP contribution in [0.1, 0.15) is 36.1 Å². The fourth-order valence-electron chi connectivity index (χ4n) is 8.06. The number of hydrogen-bond donors (Lipinski definition) is 0. The number of hydrogen-bond acceptors (Lipinski definition) is 1. The largest absolute Gasteiger partial charge is 0.248 e. The van der Waals surface area contributed by atoms with E-state index in [4.69, 9.17) is 4.98 Å². The van der Waals surface area contributed by atoms with Gasteiger partial charge in [-0.3, -0.25) is 0 Å². The number of aromatic nitrogens is 1. The van der Waals surface area contributed by atoms with Crippen LogP contribution in [0.25, 0.3) is 77.1 Å². The maximum Gasteiger partial charge on any atom is 0.0728 e. The number of fused-ring (bicyclic) bond motifs is 6. The standard InChI is InChI=1S/C46H35N/c1-28-18-21-36-39(25-28)44(31-20-22-33-32-14-10-11-17-40(32)46(3,4)41(33)26-31)34-15-8-9-16-35(34)45(36)43-27-37(30-12-6-5-7-13-30)38-24-29(2)19-23-42(38)47-43/h5-27H,1-4H3. The zero-order valence-electron chi connectivity index (χ0n) is 27.2. The van der Waals surface area contributed by atoms with Crippen molar-refractivity contribution >= 4 is 32.4 Å². The Balaban J connectivity index is 1.36. The summed E-state index contributed by atoms with van der Waals surface area (Å²) in [5, 5.41) is 6.15. The molecule has 0 saturated heterocycles. The number of rotatable bonds is 3. The molecule has 8 aromatic rings. The van der Waals surface area contributed by atoms with Gasteiger partial charge in [-0.1, -0.05) is 140 Å². The molecule has 9 rings (SSSR count). The van der Waals surface area contributed by atoms with Crippen LogP contribution in [0.5, 0.6) is 0 Å². The van der Waals surface area contributed by atoms with Gasteiger partial charge in [-0.25, -0.2) is 4.98 Å². The lowest BCUT2D eigenvalue weighted by Gasteiger charge is -2.23. The van der Waals surface area contributed by atoms with Gasteiger partial charge in [0.2, 0.25) is 0 Å². The molecule has 1 nitrogen and oxygen atoms in total. The molecule has 224 valence electrons. The van der Waals surface area contributed by atoms with E-state index in [1.165, 1.54) is 88.1 Å². The summed E-state index contributed by atoms with van der Waals surface area (Å²) >= 11 is 0. The van der Waals surface area contributed by atoms with Crippen LogP contribution >= 0.6 is 0 Å². The normalized spacial score (nSPS) is 13.3. The van der Waals surface area contributed by atoms with Crippen LogP contribution in [0.2, 0.25) is 0 Å². The van der Waals surface area contributed by atoms with Crippen molar-refractivity contribution in [3.63, 3.8) is 0 Å². The number of pyridine rings is 1. The molecule has 0 saturated carbocycles. The minimum absolute atomic E-state index is 0.0649. The lowest BCUT2D eigenvalue weighted by molar-refractivity contribution is 0.660. The molecule has 1 heteroatoms. The van der Waals surface area contributed by atoms with E-state index < -0.39 is 0 Å². The van der Waals surface area contributed by atoms with Crippen LogP contribution in [0.15, 0.2) is 140 Å². The molecule has 1 aliphatic carbocycles. The molecule has 1 aliphatic rings. The van der Waals surface area contributed by atoms with Crippen LogP contribution in [0.3, 0.4) is 0 Å². The van der Waals surface area contributed by atoms with Crippen molar-refractivity contribution in [3.8, 4) is 44.6 Å². The number of aryl methyl sites for hydroxylation is 2. The van der Waals surface area contributed by atoms with Gasteiger partial charge in [-0.05, 0) is 104 Å². The van der Waals surface area contributed by atoms with Gasteiger partial charge in [0.05, 0.1) is 11.2 Å². The summed E-state index contributed by atoms with van der Waals surface area (Å²) < 4.78 is 0. The molecule has 1 aromatic heterocycles. The van der Waals surface area contributed by atoms with Gasteiger partial charge in [0.15, 0.2) is 0 Å². The average Bonchev–Trinajstić information content (AvgIpc) is 3.32. The molecule has 0 aliphatic heterocycles. The highest BCUT2D eigenvalue weighted by molar-refractivity contribution is 6.21. The topological polar surface area (TPSA) is 12.9 Å². The van der Waals surface area contributed by atoms with Gasteiger partial charge < -0.3 is 0 Å². The van der Waals surface area contributed by atoms with Crippen molar-refractivity contribution in [1.82, 2.24) is 4.98 Å². The van der Waals surface area contributed by atoms with Gasteiger partial charge in [0, 0.05) is 16.4 Å². The molecule has 0 unspecified atom stereocenters. The smallest absolute Gasteiger partial charge is 0.0728 e. The number of nitrogens with zero attached hydrogens (tertiary/aromatic N) is 1. The van der Waals surface area contributed by atoms with Gasteiger partial charge in [0.1, 0.15) is 0 Å². The molecule has 0 spiro atoms. The maximum absolute atomic E-state index is 5.39. The van der Waals surface area contributed by atoms with Crippen LogP contribution in [-0.2, 0) is 5.41 Å². The minimum Gasteiger partial charge on any atom is -0.248 e. The van der Waals surface area contributed by atoms with E-state index in [0.29, 0.717) is 0 Å². The van der Waals surface area contributed by atoms with Crippen molar-refractivity contribution in [2.24, 2.45) is 0 Å². The van der Waals surface area contributed by atoms with Crippen molar-refractivity contribution in [1.29, 1.82) is 0 Å². The van der Waals surface area contributed by atoms with Crippen LogP contribution in [0, 0.1) is 13.8 Å². The molecule has 1 heterocycles. The van der Waals surface area contributed by atoms with Crippen LogP contribution in [0.4, 0.5) is 0 Å². The van der Waals surface area contributed by atoms with Gasteiger partial charge >= 0.3 is 0 Å². The SMILES string of the molecule is Cc1ccc2nc(-c3c4ccccc4c(-c4ccc5c(c4)C(C)(C)c4ccccc4-5)c4cc(C)ccc34)cc(-c3ccccc3)c2c1. The monoisotopic (exact) mass is 601 g/mol. The summed E-state index contributed by atoms with van der Waals surface area (Å²) in [6, 6.07) is 51.5. The van der Waals surface area contributed by atoms with Crippen LogP contribution in [-0.4, -0.2) is 4.98 Å². The highest BCUT2D eigenvalue weighted by Gasteiger charge is 2.35. The second-order valence-electron chi connectivity index (χ2n) is 13.7. The molecule has 7 aromatic carbocycles. The summed E-state index contributed by atoms with van der Waals surface area (Å²) in [4.78, 5) is 5.39. The van der Waals surface area contributed by atoms with E-state index in [-0.39, 0.29) is 5.41 Å². The summed E-state index contributed by atoms with van der Waals surface area (Å²) in [5.74, 6) is 0. The second-order valence-corrected chi connectivity index (χ2v) is 13.7. The Morgan fingerprint density at radius 2 is 1.06 bits per heavy atom. The Bertz CT molecular complexity index is 2550. The summed E-state index contributed by atoms with van der Waals surface area (Å²) in [5.41, 5.74) is 16.1. The second kappa shape index (κ2) is 10.2. The van der Waals surface area contributed by atoms with E-state index in [1.807, 2.05) is 0 Å². The zero-order chi connectivity index (χ0) is 31.9. The third-order valence-corrected chi connectivity index (χ3v) is 10.4. The summed E-state index contributed by atoms with van der Waals surface area (Å²) in [6.45, 7) is 9.08. The first kappa shape index (κ1) is 27.8. The number of benzene rings is 7. The van der Waals surface area contributed by atoms with Crippen molar-refractivity contribution in [3.05, 3.63) is 162 Å². The Kier molecular flexibility index (Phi) is 6.05. The lowest BCUT2D eigenvalue weighted by atomic mass is 9.80. The Morgan fingerprint density at radius 1 is 0.426 bits per heavy atom. The van der Waals surface area contributed by atoms with E-state index in [9.17, 15) is 0 Å². The fraction of sp³-hybridized carbons (Fsp3) is 0.109. The molecule has 0 radical (unpaired) electrons. The summed E-state index contributed by atoms with van der Waals surface area (Å²) in [6.07, 6.45) is 0. The highest BCUT2D eigenvalue weighted by Crippen LogP contribution is 2.51. The molecular weight excluding hydrogens is 567 g/mol. The maximum atomic E-state index is 5.39. The Morgan fingerprint density at radius 3 is 1.87 bits per heavy atom. The quantitative estimate of drug-likeness (QED) is 0.184. The predicted molar refractivity (Wildman–Crippen MR) is 200 cm³/mol. The molecule has 0 atom stereocenters. The van der Waals surface area contributed by atoms with Crippen molar-refractivity contribution in [2.75, 3.05) is 0 Å². The molecular formula is C46H35N. The molecule has 0 amide bonds. The predicted octanol–water partition coefficient (Wildman–Crippen LogP) is 12.5. The van der Waals surface area contributed by atoms with Crippen molar-refractivity contribution < 1.29 is 0 Å².